The highest BCUT2D eigenvalue weighted by molar-refractivity contribution is 6.31. The molecule has 0 spiro atoms. The SMILES string of the molecule is CCN(CC)c1ccc(CNC(C)(C)C(N)c2ccnc3cc(Cl)ccc23)cc1. The zero-order valence-corrected chi connectivity index (χ0v) is 18.5. The Hall–Kier alpha value is -2.14. The van der Waals surface area contributed by atoms with E-state index in [1.807, 2.05) is 24.3 Å². The fourth-order valence-electron chi connectivity index (χ4n) is 3.66. The van der Waals surface area contributed by atoms with E-state index in [4.69, 9.17) is 17.3 Å². The molecular formula is C24H31ClN4. The summed E-state index contributed by atoms with van der Waals surface area (Å²) < 4.78 is 0. The summed E-state index contributed by atoms with van der Waals surface area (Å²) in [5.41, 5.74) is 10.9. The number of rotatable bonds is 8. The van der Waals surface area contributed by atoms with Crippen molar-refractivity contribution in [3.63, 3.8) is 0 Å². The van der Waals surface area contributed by atoms with E-state index in [1.54, 1.807) is 6.20 Å². The lowest BCUT2D eigenvalue weighted by Crippen LogP contribution is -2.48. The van der Waals surface area contributed by atoms with Gasteiger partial charge < -0.3 is 16.0 Å². The summed E-state index contributed by atoms with van der Waals surface area (Å²) in [7, 11) is 0. The highest BCUT2D eigenvalue weighted by Gasteiger charge is 2.28. The normalized spacial score (nSPS) is 12.9. The van der Waals surface area contributed by atoms with Crippen molar-refractivity contribution in [2.75, 3.05) is 18.0 Å². The monoisotopic (exact) mass is 410 g/mol. The highest BCUT2D eigenvalue weighted by Crippen LogP contribution is 2.30. The van der Waals surface area contributed by atoms with Gasteiger partial charge in [0.05, 0.1) is 5.52 Å². The molecular weight excluding hydrogens is 380 g/mol. The van der Waals surface area contributed by atoms with Crippen molar-refractivity contribution in [1.82, 2.24) is 10.3 Å². The van der Waals surface area contributed by atoms with Gasteiger partial charge in [-0.3, -0.25) is 4.98 Å². The maximum atomic E-state index is 6.71. The van der Waals surface area contributed by atoms with Crippen LogP contribution in [-0.4, -0.2) is 23.6 Å². The van der Waals surface area contributed by atoms with Gasteiger partial charge in [-0.25, -0.2) is 0 Å². The van der Waals surface area contributed by atoms with Gasteiger partial charge in [0.2, 0.25) is 0 Å². The van der Waals surface area contributed by atoms with E-state index in [0.29, 0.717) is 5.02 Å². The number of pyridine rings is 1. The Morgan fingerprint density at radius 3 is 2.41 bits per heavy atom. The Morgan fingerprint density at radius 2 is 1.76 bits per heavy atom. The molecule has 0 fully saturated rings. The molecule has 0 bridgehead atoms. The molecule has 4 nitrogen and oxygen atoms in total. The van der Waals surface area contributed by atoms with Crippen LogP contribution in [0.2, 0.25) is 5.02 Å². The predicted octanol–water partition coefficient (Wildman–Crippen LogP) is 5.30. The largest absolute Gasteiger partial charge is 0.372 e. The summed E-state index contributed by atoms with van der Waals surface area (Å²) in [6.45, 7) is 11.4. The highest BCUT2D eigenvalue weighted by atomic mass is 35.5. The van der Waals surface area contributed by atoms with Gasteiger partial charge in [0.1, 0.15) is 0 Å². The molecule has 0 aliphatic rings. The third kappa shape index (κ3) is 4.89. The number of nitrogens with zero attached hydrogens (tertiary/aromatic N) is 2. The fraction of sp³-hybridized carbons (Fsp3) is 0.375. The average molecular weight is 411 g/mol. The Balaban J connectivity index is 1.74. The Labute approximate surface area is 179 Å². The molecule has 3 N–H and O–H groups in total. The van der Waals surface area contributed by atoms with Crippen molar-refractivity contribution >= 4 is 28.2 Å². The first kappa shape index (κ1) is 21.6. The van der Waals surface area contributed by atoms with Crippen molar-refractivity contribution in [2.45, 2.75) is 45.8 Å². The van der Waals surface area contributed by atoms with Crippen LogP contribution in [0.15, 0.2) is 54.7 Å². The average Bonchev–Trinajstić information content (AvgIpc) is 2.73. The molecule has 5 heteroatoms. The van der Waals surface area contributed by atoms with Crippen molar-refractivity contribution in [3.05, 3.63) is 70.9 Å². The molecule has 1 heterocycles. The van der Waals surface area contributed by atoms with Gasteiger partial charge >= 0.3 is 0 Å². The Kier molecular flexibility index (Phi) is 6.78. The molecule has 1 unspecified atom stereocenters. The van der Waals surface area contributed by atoms with E-state index in [0.717, 1.165) is 36.1 Å². The summed E-state index contributed by atoms with van der Waals surface area (Å²) in [6.07, 6.45) is 1.80. The fourth-order valence-corrected chi connectivity index (χ4v) is 3.82. The summed E-state index contributed by atoms with van der Waals surface area (Å²) >= 11 is 6.12. The molecule has 0 saturated heterocycles. The number of nitrogens with two attached hydrogens (primary N) is 1. The smallest absolute Gasteiger partial charge is 0.0720 e. The molecule has 0 radical (unpaired) electrons. The van der Waals surface area contributed by atoms with E-state index in [-0.39, 0.29) is 11.6 Å². The summed E-state index contributed by atoms with van der Waals surface area (Å²) in [4.78, 5) is 6.78. The first-order valence-corrected chi connectivity index (χ1v) is 10.6. The molecule has 0 amide bonds. The van der Waals surface area contributed by atoms with Crippen LogP contribution in [0.3, 0.4) is 0 Å². The van der Waals surface area contributed by atoms with Crippen LogP contribution in [0.4, 0.5) is 5.69 Å². The minimum Gasteiger partial charge on any atom is -0.372 e. The number of hydrogen-bond acceptors (Lipinski definition) is 4. The van der Waals surface area contributed by atoms with Crippen molar-refractivity contribution in [1.29, 1.82) is 0 Å². The zero-order chi connectivity index (χ0) is 21.0. The van der Waals surface area contributed by atoms with Gasteiger partial charge in [-0.1, -0.05) is 29.8 Å². The third-order valence-electron chi connectivity index (χ3n) is 5.66. The van der Waals surface area contributed by atoms with Crippen molar-refractivity contribution in [2.24, 2.45) is 5.73 Å². The van der Waals surface area contributed by atoms with Crippen LogP contribution in [0.5, 0.6) is 0 Å². The summed E-state index contributed by atoms with van der Waals surface area (Å²) in [5.74, 6) is 0. The van der Waals surface area contributed by atoms with Gasteiger partial charge in [0.25, 0.3) is 0 Å². The minimum absolute atomic E-state index is 0.191. The molecule has 3 aromatic rings. The lowest BCUT2D eigenvalue weighted by molar-refractivity contribution is 0.322. The van der Waals surface area contributed by atoms with E-state index in [9.17, 15) is 0 Å². The van der Waals surface area contributed by atoms with E-state index >= 15 is 0 Å². The first-order valence-electron chi connectivity index (χ1n) is 10.2. The lowest BCUT2D eigenvalue weighted by Gasteiger charge is -2.34. The molecule has 29 heavy (non-hydrogen) atoms. The van der Waals surface area contributed by atoms with E-state index in [2.05, 4.69) is 67.2 Å². The molecule has 154 valence electrons. The van der Waals surface area contributed by atoms with Crippen LogP contribution in [-0.2, 0) is 6.54 Å². The number of anilines is 1. The molecule has 0 aliphatic carbocycles. The number of aromatic nitrogens is 1. The molecule has 0 aliphatic heterocycles. The zero-order valence-electron chi connectivity index (χ0n) is 17.7. The second-order valence-corrected chi connectivity index (χ2v) is 8.39. The minimum atomic E-state index is -0.300. The van der Waals surface area contributed by atoms with Crippen molar-refractivity contribution in [3.8, 4) is 0 Å². The molecule has 0 saturated carbocycles. The van der Waals surface area contributed by atoms with Crippen LogP contribution < -0.4 is 16.0 Å². The van der Waals surface area contributed by atoms with Crippen LogP contribution in [0.25, 0.3) is 10.9 Å². The van der Waals surface area contributed by atoms with Crippen LogP contribution in [0.1, 0.15) is 44.9 Å². The van der Waals surface area contributed by atoms with E-state index in [1.165, 1.54) is 11.3 Å². The van der Waals surface area contributed by atoms with Gasteiger partial charge in [-0.05, 0) is 69.2 Å². The quantitative estimate of drug-likeness (QED) is 0.528. The van der Waals surface area contributed by atoms with Crippen LogP contribution >= 0.6 is 11.6 Å². The van der Waals surface area contributed by atoms with Gasteiger partial charge in [-0.2, -0.15) is 0 Å². The second kappa shape index (κ2) is 9.12. The number of benzene rings is 2. The van der Waals surface area contributed by atoms with Crippen LogP contribution in [0, 0.1) is 0 Å². The second-order valence-electron chi connectivity index (χ2n) is 7.95. The molecule has 1 aromatic heterocycles. The molecule has 1 atom stereocenters. The maximum Gasteiger partial charge on any atom is 0.0720 e. The number of fused-ring (bicyclic) bond motifs is 1. The Bertz CT molecular complexity index is 949. The maximum absolute atomic E-state index is 6.71. The topological polar surface area (TPSA) is 54.2 Å². The van der Waals surface area contributed by atoms with Crippen molar-refractivity contribution < 1.29 is 0 Å². The first-order chi connectivity index (χ1) is 13.9. The lowest BCUT2D eigenvalue weighted by atomic mass is 9.87. The van der Waals surface area contributed by atoms with Gasteiger partial charge in [-0.15, -0.1) is 0 Å². The molecule has 2 aromatic carbocycles. The third-order valence-corrected chi connectivity index (χ3v) is 5.90. The van der Waals surface area contributed by atoms with E-state index < -0.39 is 0 Å². The summed E-state index contributed by atoms with van der Waals surface area (Å²) in [5, 5.41) is 5.37. The standard InChI is InChI=1S/C24H31ClN4/c1-5-29(6-2)19-10-7-17(8-11-19)16-28-24(3,4)23(26)21-13-14-27-22-15-18(25)9-12-20(21)22/h7-15,23,28H,5-6,16,26H2,1-4H3. The number of hydrogen-bond donors (Lipinski definition) is 2. The van der Waals surface area contributed by atoms with Gasteiger partial charge in [0, 0.05) is 53.5 Å². The number of halogens is 1. The van der Waals surface area contributed by atoms with Gasteiger partial charge in [0.15, 0.2) is 0 Å². The Morgan fingerprint density at radius 1 is 1.07 bits per heavy atom. The number of nitrogens with one attached hydrogen (secondary N) is 1. The molecule has 3 rings (SSSR count). The summed E-state index contributed by atoms with van der Waals surface area (Å²) in [6, 6.07) is 16.3. The predicted molar refractivity (Wildman–Crippen MR) is 125 cm³/mol.